The number of carboxylic acids is 1. The molecule has 7 heteroatoms. The van der Waals surface area contributed by atoms with E-state index < -0.39 is 12.1 Å². The molecule has 0 bridgehead atoms. The highest BCUT2D eigenvalue weighted by Gasteiger charge is 2.24. The molecule has 1 aliphatic heterocycles. The molecule has 1 atom stereocenters. The molecule has 1 heterocycles. The van der Waals surface area contributed by atoms with E-state index in [0.29, 0.717) is 29.1 Å². The van der Waals surface area contributed by atoms with Crippen molar-refractivity contribution in [3.63, 3.8) is 0 Å². The normalized spacial score (nSPS) is 17.5. The number of carbonyl (C=O) groups is 1. The number of piperidine rings is 1. The smallest absolute Gasteiger partial charge is 0.344 e. The van der Waals surface area contributed by atoms with Gasteiger partial charge < -0.3 is 19.5 Å². The van der Waals surface area contributed by atoms with Crippen LogP contribution >= 0.6 is 11.6 Å². The first-order chi connectivity index (χ1) is 11.8. The van der Waals surface area contributed by atoms with Crippen LogP contribution in [0.2, 0.25) is 5.02 Å². The third-order valence-electron chi connectivity index (χ3n) is 4.69. The Balaban J connectivity index is 2.22. The molecular formula is C18H27ClN2O4. The Bertz CT molecular complexity index is 603. The lowest BCUT2D eigenvalue weighted by Gasteiger charge is -2.35. The molecule has 0 radical (unpaired) electrons. The summed E-state index contributed by atoms with van der Waals surface area (Å²) < 4.78 is 11.0. The van der Waals surface area contributed by atoms with Gasteiger partial charge in [-0.1, -0.05) is 11.6 Å². The zero-order valence-electron chi connectivity index (χ0n) is 15.3. The van der Waals surface area contributed by atoms with E-state index in [1.54, 1.807) is 6.07 Å². The van der Waals surface area contributed by atoms with Gasteiger partial charge in [-0.2, -0.15) is 0 Å². The van der Waals surface area contributed by atoms with Crippen LogP contribution in [0.5, 0.6) is 11.5 Å². The Hall–Kier alpha value is -1.50. The number of methoxy groups -OCH3 is 1. The van der Waals surface area contributed by atoms with E-state index in [0.717, 1.165) is 31.5 Å². The van der Waals surface area contributed by atoms with Crippen molar-refractivity contribution in [1.82, 2.24) is 9.80 Å². The zero-order valence-corrected chi connectivity index (χ0v) is 16.0. The predicted octanol–water partition coefficient (Wildman–Crippen LogP) is 2.73. The van der Waals surface area contributed by atoms with Crippen molar-refractivity contribution >= 4 is 17.6 Å². The van der Waals surface area contributed by atoms with Crippen molar-refractivity contribution in [2.45, 2.75) is 38.5 Å². The van der Waals surface area contributed by atoms with E-state index in [4.69, 9.17) is 26.2 Å². The molecule has 6 nitrogen and oxygen atoms in total. The maximum atomic E-state index is 11.2. The number of likely N-dealkylation sites (tertiary alicyclic amines) is 1. The van der Waals surface area contributed by atoms with Gasteiger partial charge in [0.15, 0.2) is 17.6 Å². The van der Waals surface area contributed by atoms with Gasteiger partial charge in [0.2, 0.25) is 0 Å². The van der Waals surface area contributed by atoms with Gasteiger partial charge >= 0.3 is 5.97 Å². The third-order valence-corrected chi connectivity index (χ3v) is 4.91. The van der Waals surface area contributed by atoms with Crippen LogP contribution in [0.15, 0.2) is 12.1 Å². The van der Waals surface area contributed by atoms with Gasteiger partial charge in [-0.15, -0.1) is 0 Å². The number of halogens is 1. The van der Waals surface area contributed by atoms with Crippen LogP contribution in [0.4, 0.5) is 0 Å². The van der Waals surface area contributed by atoms with Crippen molar-refractivity contribution < 1.29 is 19.4 Å². The van der Waals surface area contributed by atoms with E-state index in [9.17, 15) is 4.79 Å². The minimum absolute atomic E-state index is 0.446. The average Bonchev–Trinajstić information content (AvgIpc) is 2.57. The number of benzene rings is 1. The van der Waals surface area contributed by atoms with Gasteiger partial charge in [-0.3, -0.25) is 4.90 Å². The van der Waals surface area contributed by atoms with E-state index in [-0.39, 0.29) is 0 Å². The van der Waals surface area contributed by atoms with Crippen LogP contribution in [0.25, 0.3) is 0 Å². The lowest BCUT2D eigenvalue weighted by molar-refractivity contribution is -0.144. The summed E-state index contributed by atoms with van der Waals surface area (Å²) in [5.41, 5.74) is 0.832. The fourth-order valence-corrected chi connectivity index (χ4v) is 3.32. The molecule has 25 heavy (non-hydrogen) atoms. The lowest BCUT2D eigenvalue weighted by atomic mass is 10.0. The van der Waals surface area contributed by atoms with Gasteiger partial charge in [0.1, 0.15) is 0 Å². The minimum Gasteiger partial charge on any atom is -0.493 e. The Morgan fingerprint density at radius 1 is 1.44 bits per heavy atom. The van der Waals surface area contributed by atoms with Gasteiger partial charge in [-0.05, 0) is 53.0 Å². The molecule has 1 aromatic carbocycles. The van der Waals surface area contributed by atoms with E-state index in [1.807, 2.05) is 6.07 Å². The molecule has 0 spiro atoms. The molecular weight excluding hydrogens is 344 g/mol. The SMILES string of the molecule is COc1cc(Cl)cc(CN(C)C2CCN(C)CC2)c1OC(C)C(=O)O. The molecule has 1 aliphatic rings. The second-order valence-corrected chi connectivity index (χ2v) is 7.08. The molecule has 1 fully saturated rings. The largest absolute Gasteiger partial charge is 0.493 e. The summed E-state index contributed by atoms with van der Waals surface area (Å²) in [6.45, 7) is 4.27. The first-order valence-corrected chi connectivity index (χ1v) is 8.84. The summed E-state index contributed by atoms with van der Waals surface area (Å²) in [5.74, 6) is -0.124. The monoisotopic (exact) mass is 370 g/mol. The third kappa shape index (κ3) is 5.23. The maximum Gasteiger partial charge on any atom is 0.344 e. The summed E-state index contributed by atoms with van der Waals surface area (Å²) in [6.07, 6.45) is 1.24. The molecule has 1 saturated heterocycles. The van der Waals surface area contributed by atoms with E-state index in [2.05, 4.69) is 23.9 Å². The summed E-state index contributed by atoms with van der Waals surface area (Å²) in [4.78, 5) is 15.8. The van der Waals surface area contributed by atoms with Crippen molar-refractivity contribution in [2.75, 3.05) is 34.3 Å². The molecule has 0 aliphatic carbocycles. The Morgan fingerprint density at radius 3 is 2.64 bits per heavy atom. The summed E-state index contributed by atoms with van der Waals surface area (Å²) >= 11 is 6.21. The lowest BCUT2D eigenvalue weighted by Crippen LogP contribution is -2.41. The fourth-order valence-electron chi connectivity index (χ4n) is 3.09. The molecule has 1 aromatic rings. The highest BCUT2D eigenvalue weighted by Crippen LogP contribution is 2.36. The number of carboxylic acid groups (broad SMARTS) is 1. The highest BCUT2D eigenvalue weighted by molar-refractivity contribution is 6.30. The van der Waals surface area contributed by atoms with Crippen molar-refractivity contribution in [1.29, 1.82) is 0 Å². The topological polar surface area (TPSA) is 62.2 Å². The van der Waals surface area contributed by atoms with Crippen molar-refractivity contribution in [3.8, 4) is 11.5 Å². The molecule has 1 N–H and O–H groups in total. The summed E-state index contributed by atoms with van der Waals surface area (Å²) in [7, 11) is 5.74. The number of hydrogen-bond acceptors (Lipinski definition) is 5. The van der Waals surface area contributed by atoms with Crippen molar-refractivity contribution in [2.24, 2.45) is 0 Å². The second-order valence-electron chi connectivity index (χ2n) is 6.64. The van der Waals surface area contributed by atoms with Gasteiger partial charge in [0.25, 0.3) is 0 Å². The second kappa shape index (κ2) is 8.74. The maximum absolute atomic E-state index is 11.2. The van der Waals surface area contributed by atoms with Crippen LogP contribution in [0, 0.1) is 0 Å². The number of ether oxygens (including phenoxy) is 2. The minimum atomic E-state index is -1.02. The number of hydrogen-bond donors (Lipinski definition) is 1. The number of nitrogens with zero attached hydrogens (tertiary/aromatic N) is 2. The molecule has 0 aromatic heterocycles. The molecule has 140 valence electrons. The fraction of sp³-hybridized carbons (Fsp3) is 0.611. The van der Waals surface area contributed by atoms with Gasteiger partial charge in [-0.25, -0.2) is 4.79 Å². The van der Waals surface area contributed by atoms with Gasteiger partial charge in [0, 0.05) is 29.2 Å². The molecule has 0 saturated carbocycles. The zero-order chi connectivity index (χ0) is 18.6. The highest BCUT2D eigenvalue weighted by atomic mass is 35.5. The quantitative estimate of drug-likeness (QED) is 0.796. The van der Waals surface area contributed by atoms with E-state index in [1.165, 1.54) is 14.0 Å². The Kier molecular flexibility index (Phi) is 6.93. The standard InChI is InChI=1S/C18H27ClN2O4/c1-12(18(22)23)25-17-13(9-14(19)10-16(17)24-4)11-21(3)15-5-7-20(2)8-6-15/h9-10,12,15H,5-8,11H2,1-4H3,(H,22,23). The predicted molar refractivity (Wildman–Crippen MR) is 97.7 cm³/mol. The number of rotatable bonds is 7. The average molecular weight is 371 g/mol. The summed E-state index contributed by atoms with van der Waals surface area (Å²) in [5, 5.41) is 9.70. The molecule has 2 rings (SSSR count). The Morgan fingerprint density at radius 2 is 2.08 bits per heavy atom. The summed E-state index contributed by atoms with van der Waals surface area (Å²) in [6, 6.07) is 3.94. The van der Waals surface area contributed by atoms with Crippen LogP contribution in [-0.2, 0) is 11.3 Å². The van der Waals surface area contributed by atoms with Crippen LogP contribution in [0.1, 0.15) is 25.3 Å². The Labute approximate surface area is 154 Å². The van der Waals surface area contributed by atoms with Crippen molar-refractivity contribution in [3.05, 3.63) is 22.7 Å². The number of aliphatic carboxylic acids is 1. The first-order valence-electron chi connectivity index (χ1n) is 8.46. The van der Waals surface area contributed by atoms with E-state index >= 15 is 0 Å². The first kappa shape index (κ1) is 19.8. The van der Waals surface area contributed by atoms with Crippen LogP contribution in [0.3, 0.4) is 0 Å². The van der Waals surface area contributed by atoms with Crippen LogP contribution in [-0.4, -0.2) is 67.3 Å². The molecule has 1 unspecified atom stereocenters. The molecule has 0 amide bonds. The van der Waals surface area contributed by atoms with Crippen LogP contribution < -0.4 is 9.47 Å². The van der Waals surface area contributed by atoms with Gasteiger partial charge in [0.05, 0.1) is 7.11 Å².